The molecule has 2 amide bonds. The van der Waals surface area contributed by atoms with Crippen LogP contribution in [0, 0.1) is 11.8 Å². The summed E-state index contributed by atoms with van der Waals surface area (Å²) in [6.07, 6.45) is 9.69. The Balaban J connectivity index is 1.77. The first-order valence-electron chi connectivity index (χ1n) is 9.86. The predicted molar refractivity (Wildman–Crippen MR) is 96.4 cm³/mol. The molecular formula is C19H35N3O2. The van der Waals surface area contributed by atoms with Gasteiger partial charge in [0.2, 0.25) is 11.8 Å². The van der Waals surface area contributed by atoms with E-state index in [0.29, 0.717) is 6.54 Å². The lowest BCUT2D eigenvalue weighted by Gasteiger charge is -2.35. The van der Waals surface area contributed by atoms with Crippen molar-refractivity contribution in [1.82, 2.24) is 10.6 Å². The second-order valence-electron chi connectivity index (χ2n) is 7.72. The van der Waals surface area contributed by atoms with Crippen LogP contribution in [0.2, 0.25) is 0 Å². The zero-order valence-corrected chi connectivity index (χ0v) is 15.4. The topological polar surface area (TPSA) is 84.2 Å². The van der Waals surface area contributed by atoms with E-state index < -0.39 is 0 Å². The average molecular weight is 338 g/mol. The Bertz CT molecular complexity index is 412. The Hall–Kier alpha value is -1.10. The molecule has 0 heterocycles. The number of rotatable bonds is 7. The SMILES string of the molecule is CCC(CC)(CN)NC(=O)C1CCC(NC(=O)C2CCCC2)CC1. The van der Waals surface area contributed by atoms with Crippen LogP contribution < -0.4 is 16.4 Å². The second-order valence-corrected chi connectivity index (χ2v) is 7.72. The summed E-state index contributed by atoms with van der Waals surface area (Å²) in [5, 5.41) is 6.41. The van der Waals surface area contributed by atoms with E-state index in [-0.39, 0.29) is 35.2 Å². The molecule has 0 aliphatic heterocycles. The molecule has 0 bridgehead atoms. The van der Waals surface area contributed by atoms with Crippen LogP contribution in [0.3, 0.4) is 0 Å². The molecule has 2 aliphatic rings. The smallest absolute Gasteiger partial charge is 0.223 e. The third-order valence-corrected chi connectivity index (χ3v) is 6.30. The molecule has 2 aliphatic carbocycles. The zero-order valence-electron chi connectivity index (χ0n) is 15.4. The van der Waals surface area contributed by atoms with Crippen molar-refractivity contribution in [3.8, 4) is 0 Å². The molecule has 4 N–H and O–H groups in total. The van der Waals surface area contributed by atoms with Gasteiger partial charge < -0.3 is 16.4 Å². The zero-order chi connectivity index (χ0) is 17.6. The molecule has 0 aromatic rings. The highest BCUT2D eigenvalue weighted by molar-refractivity contribution is 5.80. The van der Waals surface area contributed by atoms with Crippen LogP contribution in [-0.4, -0.2) is 29.9 Å². The summed E-state index contributed by atoms with van der Waals surface area (Å²) in [5.41, 5.74) is 5.62. The van der Waals surface area contributed by atoms with Crippen LogP contribution >= 0.6 is 0 Å². The standard InChI is InChI=1S/C19H35N3O2/c1-3-19(4-2,13-20)22-18(24)15-9-11-16(12-10-15)21-17(23)14-7-5-6-8-14/h14-16H,3-13,20H2,1-2H3,(H,21,23)(H,22,24). The summed E-state index contributed by atoms with van der Waals surface area (Å²) in [4.78, 5) is 24.8. The van der Waals surface area contributed by atoms with Gasteiger partial charge in [-0.25, -0.2) is 0 Å². The number of nitrogens with one attached hydrogen (secondary N) is 2. The molecule has 0 atom stereocenters. The third kappa shape index (κ3) is 4.71. The van der Waals surface area contributed by atoms with Gasteiger partial charge in [0, 0.05) is 24.4 Å². The van der Waals surface area contributed by atoms with Crippen molar-refractivity contribution < 1.29 is 9.59 Å². The van der Waals surface area contributed by atoms with Gasteiger partial charge >= 0.3 is 0 Å². The van der Waals surface area contributed by atoms with Gasteiger partial charge in [0.1, 0.15) is 0 Å². The van der Waals surface area contributed by atoms with E-state index in [4.69, 9.17) is 5.73 Å². The van der Waals surface area contributed by atoms with Crippen LogP contribution in [-0.2, 0) is 9.59 Å². The molecule has 0 saturated heterocycles. The average Bonchev–Trinajstić information content (AvgIpc) is 3.15. The second kappa shape index (κ2) is 8.84. The minimum absolute atomic E-state index is 0.0636. The third-order valence-electron chi connectivity index (χ3n) is 6.30. The number of carbonyl (C=O) groups excluding carboxylic acids is 2. The largest absolute Gasteiger partial charge is 0.353 e. The predicted octanol–water partition coefficient (Wildman–Crippen LogP) is 2.49. The Kier molecular flexibility index (Phi) is 7.08. The minimum atomic E-state index is -0.259. The van der Waals surface area contributed by atoms with Gasteiger partial charge in [-0.2, -0.15) is 0 Å². The maximum Gasteiger partial charge on any atom is 0.223 e. The number of amides is 2. The minimum Gasteiger partial charge on any atom is -0.353 e. The van der Waals surface area contributed by atoms with Crippen molar-refractivity contribution in [2.45, 2.75) is 89.6 Å². The van der Waals surface area contributed by atoms with E-state index in [2.05, 4.69) is 24.5 Å². The summed E-state index contributed by atoms with van der Waals surface area (Å²) in [7, 11) is 0. The van der Waals surface area contributed by atoms with E-state index in [9.17, 15) is 9.59 Å². The van der Waals surface area contributed by atoms with Crippen molar-refractivity contribution in [3.63, 3.8) is 0 Å². The molecule has 2 saturated carbocycles. The molecule has 0 spiro atoms. The molecule has 0 radical (unpaired) electrons. The monoisotopic (exact) mass is 337 g/mol. The maximum atomic E-state index is 12.6. The van der Waals surface area contributed by atoms with Crippen molar-refractivity contribution in [2.75, 3.05) is 6.54 Å². The van der Waals surface area contributed by atoms with E-state index >= 15 is 0 Å². The van der Waals surface area contributed by atoms with Gasteiger partial charge in [-0.15, -0.1) is 0 Å². The van der Waals surface area contributed by atoms with Crippen LogP contribution in [0.25, 0.3) is 0 Å². The van der Waals surface area contributed by atoms with Crippen molar-refractivity contribution in [1.29, 1.82) is 0 Å². The Labute approximate surface area is 146 Å². The van der Waals surface area contributed by atoms with Crippen LogP contribution in [0.5, 0.6) is 0 Å². The molecule has 5 nitrogen and oxygen atoms in total. The fourth-order valence-electron chi connectivity index (χ4n) is 4.14. The first-order chi connectivity index (χ1) is 11.5. The van der Waals surface area contributed by atoms with Gasteiger partial charge in [-0.05, 0) is 51.4 Å². The first-order valence-corrected chi connectivity index (χ1v) is 9.86. The lowest BCUT2D eigenvalue weighted by molar-refractivity contribution is -0.128. The molecule has 5 heteroatoms. The number of hydrogen-bond donors (Lipinski definition) is 3. The lowest BCUT2D eigenvalue weighted by atomic mass is 9.83. The molecule has 24 heavy (non-hydrogen) atoms. The highest BCUT2D eigenvalue weighted by Gasteiger charge is 2.33. The van der Waals surface area contributed by atoms with E-state index in [1.807, 2.05) is 0 Å². The van der Waals surface area contributed by atoms with Crippen LogP contribution in [0.15, 0.2) is 0 Å². The quantitative estimate of drug-likeness (QED) is 0.667. The lowest BCUT2D eigenvalue weighted by Crippen LogP contribution is -2.55. The van der Waals surface area contributed by atoms with Gasteiger partial charge in [-0.3, -0.25) is 9.59 Å². The van der Waals surface area contributed by atoms with Crippen LogP contribution in [0.1, 0.15) is 78.1 Å². The summed E-state index contributed by atoms with van der Waals surface area (Å²) in [6, 6.07) is 0.249. The molecule has 0 aromatic carbocycles. The first kappa shape index (κ1) is 19.2. The van der Waals surface area contributed by atoms with Crippen molar-refractivity contribution in [3.05, 3.63) is 0 Å². The fraction of sp³-hybridized carbons (Fsp3) is 0.895. The molecular weight excluding hydrogens is 302 g/mol. The van der Waals surface area contributed by atoms with Gasteiger partial charge in [0.25, 0.3) is 0 Å². The van der Waals surface area contributed by atoms with Gasteiger partial charge in [-0.1, -0.05) is 26.7 Å². The molecule has 0 unspecified atom stereocenters. The molecule has 2 fully saturated rings. The van der Waals surface area contributed by atoms with Gasteiger partial charge in [0.15, 0.2) is 0 Å². The number of carbonyl (C=O) groups is 2. The maximum absolute atomic E-state index is 12.6. The highest BCUT2D eigenvalue weighted by Crippen LogP contribution is 2.28. The molecule has 0 aromatic heterocycles. The molecule has 2 rings (SSSR count). The highest BCUT2D eigenvalue weighted by atomic mass is 16.2. The van der Waals surface area contributed by atoms with E-state index in [1.165, 1.54) is 12.8 Å². The number of nitrogens with two attached hydrogens (primary N) is 1. The Morgan fingerprint density at radius 2 is 1.46 bits per heavy atom. The normalized spacial score (nSPS) is 25.5. The van der Waals surface area contributed by atoms with E-state index in [1.54, 1.807) is 0 Å². The van der Waals surface area contributed by atoms with E-state index in [0.717, 1.165) is 51.4 Å². The summed E-state index contributed by atoms with van der Waals surface area (Å²) < 4.78 is 0. The molecule has 138 valence electrons. The number of hydrogen-bond acceptors (Lipinski definition) is 3. The summed E-state index contributed by atoms with van der Waals surface area (Å²) in [6.45, 7) is 4.64. The van der Waals surface area contributed by atoms with Crippen molar-refractivity contribution >= 4 is 11.8 Å². The summed E-state index contributed by atoms with van der Waals surface area (Å²) in [5.74, 6) is 0.670. The van der Waals surface area contributed by atoms with Crippen molar-refractivity contribution in [2.24, 2.45) is 17.6 Å². The fourth-order valence-corrected chi connectivity index (χ4v) is 4.14. The van der Waals surface area contributed by atoms with Crippen LogP contribution in [0.4, 0.5) is 0 Å². The Morgan fingerprint density at radius 1 is 0.917 bits per heavy atom. The Morgan fingerprint density at radius 3 is 1.96 bits per heavy atom. The summed E-state index contributed by atoms with van der Waals surface area (Å²) >= 11 is 0. The van der Waals surface area contributed by atoms with Gasteiger partial charge in [0.05, 0.1) is 5.54 Å².